The van der Waals surface area contributed by atoms with Gasteiger partial charge in [0.15, 0.2) is 0 Å². The van der Waals surface area contributed by atoms with Gasteiger partial charge < -0.3 is 9.84 Å². The van der Waals surface area contributed by atoms with Crippen molar-refractivity contribution in [2.75, 3.05) is 7.11 Å². The lowest BCUT2D eigenvalue weighted by Crippen LogP contribution is -2.03. The van der Waals surface area contributed by atoms with Crippen LogP contribution >= 0.6 is 11.6 Å². The molecule has 0 bridgehead atoms. The van der Waals surface area contributed by atoms with Crippen molar-refractivity contribution in [3.05, 3.63) is 46.7 Å². The lowest BCUT2D eigenvalue weighted by Gasteiger charge is -2.05. The minimum Gasteiger partial charge on any atom is -0.497 e. The number of benzene rings is 1. The monoisotopic (exact) mass is 280 g/mol. The third-order valence-electron chi connectivity index (χ3n) is 2.68. The van der Waals surface area contributed by atoms with Crippen LogP contribution in [0.4, 0.5) is 0 Å². The Labute approximate surface area is 115 Å². The van der Waals surface area contributed by atoms with Crippen molar-refractivity contribution < 1.29 is 14.6 Å². The fourth-order valence-corrected chi connectivity index (χ4v) is 1.92. The molecular formula is C13H13ClN2O3. The van der Waals surface area contributed by atoms with E-state index in [-0.39, 0.29) is 6.42 Å². The van der Waals surface area contributed by atoms with E-state index in [1.165, 1.54) is 6.20 Å². The summed E-state index contributed by atoms with van der Waals surface area (Å²) >= 11 is 6.09. The SMILES string of the molecule is COc1ccc(Cn2ncc(CC(=O)O)c2Cl)cc1. The van der Waals surface area contributed by atoms with Gasteiger partial charge in [0, 0.05) is 5.56 Å². The van der Waals surface area contributed by atoms with E-state index < -0.39 is 5.97 Å². The second-order valence-corrected chi connectivity index (χ2v) is 4.39. The van der Waals surface area contributed by atoms with E-state index in [2.05, 4.69) is 5.10 Å². The highest BCUT2D eigenvalue weighted by molar-refractivity contribution is 6.30. The van der Waals surface area contributed by atoms with Crippen molar-refractivity contribution in [2.45, 2.75) is 13.0 Å². The maximum absolute atomic E-state index is 10.6. The summed E-state index contributed by atoms with van der Waals surface area (Å²) in [4.78, 5) is 10.6. The molecule has 0 amide bonds. The fraction of sp³-hybridized carbons (Fsp3) is 0.231. The number of carboxylic acid groups (broad SMARTS) is 1. The van der Waals surface area contributed by atoms with E-state index in [1.54, 1.807) is 11.8 Å². The van der Waals surface area contributed by atoms with Crippen LogP contribution in [0.1, 0.15) is 11.1 Å². The first-order chi connectivity index (χ1) is 9.10. The van der Waals surface area contributed by atoms with Crippen LogP contribution in [0.2, 0.25) is 5.15 Å². The van der Waals surface area contributed by atoms with E-state index in [4.69, 9.17) is 21.4 Å². The van der Waals surface area contributed by atoms with Crippen LogP contribution in [0.15, 0.2) is 30.5 Å². The number of halogens is 1. The summed E-state index contributed by atoms with van der Waals surface area (Å²) in [7, 11) is 1.61. The molecule has 0 spiro atoms. The molecule has 0 fully saturated rings. The highest BCUT2D eigenvalue weighted by atomic mass is 35.5. The van der Waals surface area contributed by atoms with Crippen molar-refractivity contribution in [1.29, 1.82) is 0 Å². The van der Waals surface area contributed by atoms with Gasteiger partial charge in [-0.3, -0.25) is 4.79 Å². The summed E-state index contributed by atoms with van der Waals surface area (Å²) in [6.07, 6.45) is 1.36. The topological polar surface area (TPSA) is 64.4 Å². The molecule has 0 aliphatic carbocycles. The van der Waals surface area contributed by atoms with Crippen molar-refractivity contribution in [3.8, 4) is 5.75 Å². The average Bonchev–Trinajstić information content (AvgIpc) is 2.72. The molecular weight excluding hydrogens is 268 g/mol. The van der Waals surface area contributed by atoms with Crippen LogP contribution in [-0.4, -0.2) is 28.0 Å². The normalized spacial score (nSPS) is 10.4. The zero-order chi connectivity index (χ0) is 13.8. The van der Waals surface area contributed by atoms with E-state index in [1.807, 2.05) is 24.3 Å². The predicted octanol–water partition coefficient (Wildman–Crippen LogP) is 2.22. The second kappa shape index (κ2) is 5.75. The molecule has 0 aliphatic rings. The number of ether oxygens (including phenoxy) is 1. The van der Waals surface area contributed by atoms with Crippen molar-refractivity contribution >= 4 is 17.6 Å². The number of aromatic nitrogens is 2. The standard InChI is InChI=1S/C13H13ClN2O3/c1-19-11-4-2-9(3-5-11)8-16-13(14)10(7-15-16)6-12(17)18/h2-5,7H,6,8H2,1H3,(H,17,18). The lowest BCUT2D eigenvalue weighted by molar-refractivity contribution is -0.136. The van der Waals surface area contributed by atoms with Crippen LogP contribution in [0.5, 0.6) is 5.75 Å². The van der Waals surface area contributed by atoms with E-state index >= 15 is 0 Å². The molecule has 0 aliphatic heterocycles. The zero-order valence-corrected chi connectivity index (χ0v) is 11.1. The van der Waals surface area contributed by atoms with Gasteiger partial charge in [0.2, 0.25) is 0 Å². The predicted molar refractivity (Wildman–Crippen MR) is 70.7 cm³/mol. The first-order valence-electron chi connectivity index (χ1n) is 5.65. The van der Waals surface area contributed by atoms with Gasteiger partial charge in [-0.15, -0.1) is 0 Å². The van der Waals surface area contributed by atoms with Crippen molar-refractivity contribution in [3.63, 3.8) is 0 Å². The van der Waals surface area contributed by atoms with Gasteiger partial charge in [0.25, 0.3) is 0 Å². The summed E-state index contributed by atoms with van der Waals surface area (Å²) < 4.78 is 6.65. The Morgan fingerprint density at radius 2 is 2.11 bits per heavy atom. The van der Waals surface area contributed by atoms with Gasteiger partial charge in [-0.2, -0.15) is 5.10 Å². The maximum Gasteiger partial charge on any atom is 0.307 e. The minimum absolute atomic E-state index is 0.124. The number of hydrogen-bond acceptors (Lipinski definition) is 3. The minimum atomic E-state index is -0.925. The molecule has 0 saturated heterocycles. The van der Waals surface area contributed by atoms with Crippen LogP contribution in [0, 0.1) is 0 Å². The third-order valence-corrected chi connectivity index (χ3v) is 3.12. The molecule has 6 heteroatoms. The van der Waals surface area contributed by atoms with Gasteiger partial charge >= 0.3 is 5.97 Å². The quantitative estimate of drug-likeness (QED) is 0.912. The number of carbonyl (C=O) groups is 1. The molecule has 1 heterocycles. The number of hydrogen-bond donors (Lipinski definition) is 1. The second-order valence-electron chi connectivity index (χ2n) is 4.04. The van der Waals surface area contributed by atoms with Crippen molar-refractivity contribution in [2.24, 2.45) is 0 Å². The summed E-state index contributed by atoms with van der Waals surface area (Å²) in [6.45, 7) is 0.489. The Balaban J connectivity index is 2.14. The molecule has 1 aromatic heterocycles. The molecule has 19 heavy (non-hydrogen) atoms. The Bertz CT molecular complexity index is 578. The van der Waals surface area contributed by atoms with Gasteiger partial charge in [-0.25, -0.2) is 4.68 Å². The number of methoxy groups -OCH3 is 1. The van der Waals surface area contributed by atoms with Gasteiger partial charge in [0.1, 0.15) is 10.9 Å². The molecule has 5 nitrogen and oxygen atoms in total. The summed E-state index contributed by atoms with van der Waals surface area (Å²) in [5.41, 5.74) is 1.52. The summed E-state index contributed by atoms with van der Waals surface area (Å²) in [6, 6.07) is 7.53. The molecule has 1 aromatic carbocycles. The molecule has 2 rings (SSSR count). The fourth-order valence-electron chi connectivity index (χ4n) is 1.70. The highest BCUT2D eigenvalue weighted by Gasteiger charge is 2.11. The molecule has 1 N–H and O–H groups in total. The molecule has 0 saturated carbocycles. The highest BCUT2D eigenvalue weighted by Crippen LogP contribution is 2.18. The van der Waals surface area contributed by atoms with Gasteiger partial charge in [-0.1, -0.05) is 23.7 Å². The molecule has 0 unspecified atom stereocenters. The first kappa shape index (κ1) is 13.4. The number of nitrogens with zero attached hydrogens (tertiary/aromatic N) is 2. The van der Waals surface area contributed by atoms with E-state index in [0.717, 1.165) is 11.3 Å². The summed E-state index contributed by atoms with van der Waals surface area (Å²) in [5, 5.41) is 13.2. The Hall–Kier alpha value is -2.01. The number of aliphatic carboxylic acids is 1. The van der Waals surface area contributed by atoms with Crippen molar-refractivity contribution in [1.82, 2.24) is 9.78 Å². The smallest absolute Gasteiger partial charge is 0.307 e. The number of carboxylic acids is 1. The lowest BCUT2D eigenvalue weighted by atomic mass is 10.2. The van der Waals surface area contributed by atoms with Crippen LogP contribution < -0.4 is 4.74 Å². The van der Waals surface area contributed by atoms with E-state index in [0.29, 0.717) is 17.3 Å². The third kappa shape index (κ3) is 3.26. The van der Waals surface area contributed by atoms with Crippen LogP contribution in [0.3, 0.4) is 0 Å². The van der Waals surface area contributed by atoms with Crippen LogP contribution in [0.25, 0.3) is 0 Å². The zero-order valence-electron chi connectivity index (χ0n) is 10.3. The Morgan fingerprint density at radius 3 is 2.68 bits per heavy atom. The van der Waals surface area contributed by atoms with Gasteiger partial charge in [0.05, 0.1) is 26.3 Å². The maximum atomic E-state index is 10.6. The average molecular weight is 281 g/mol. The Morgan fingerprint density at radius 1 is 1.42 bits per heavy atom. The summed E-state index contributed by atoms with van der Waals surface area (Å²) in [5.74, 6) is -0.146. The Kier molecular flexibility index (Phi) is 4.06. The molecule has 100 valence electrons. The molecule has 0 atom stereocenters. The largest absolute Gasteiger partial charge is 0.497 e. The van der Waals surface area contributed by atoms with Crippen LogP contribution in [-0.2, 0) is 17.8 Å². The van der Waals surface area contributed by atoms with E-state index in [9.17, 15) is 4.79 Å². The first-order valence-corrected chi connectivity index (χ1v) is 6.03. The number of rotatable bonds is 5. The van der Waals surface area contributed by atoms with Gasteiger partial charge in [-0.05, 0) is 17.7 Å². The molecule has 2 aromatic rings. The molecule has 0 radical (unpaired) electrons.